The highest BCUT2D eigenvalue weighted by molar-refractivity contribution is 7.18. The van der Waals surface area contributed by atoms with E-state index >= 15 is 0 Å². The highest BCUT2D eigenvalue weighted by atomic mass is 32.1. The Balaban J connectivity index is 1.25. The second-order valence-corrected chi connectivity index (χ2v) is 7.71. The van der Waals surface area contributed by atoms with Crippen molar-refractivity contribution in [3.63, 3.8) is 0 Å². The number of likely N-dealkylation sites (tertiary alicyclic amines) is 1. The number of hydrogen-bond acceptors (Lipinski definition) is 5. The molecule has 1 aliphatic rings. The number of hydrogen-bond donors (Lipinski definition) is 1. The zero-order valence-corrected chi connectivity index (χ0v) is 15.4. The maximum Gasteiger partial charge on any atom is 0.226 e. The summed E-state index contributed by atoms with van der Waals surface area (Å²) < 4.78 is 1.27. The Bertz CT molecular complexity index is 839. The van der Waals surface area contributed by atoms with Crippen LogP contribution in [0, 0.1) is 0 Å². The van der Waals surface area contributed by atoms with Gasteiger partial charge in [-0.2, -0.15) is 0 Å². The molecule has 134 valence electrons. The number of thiazole rings is 1. The Hall–Kier alpha value is -2.31. The van der Waals surface area contributed by atoms with E-state index in [1.54, 1.807) is 12.3 Å². The van der Waals surface area contributed by atoms with Crippen molar-refractivity contribution in [2.45, 2.75) is 25.2 Å². The maximum atomic E-state index is 12.1. The first-order valence-corrected chi connectivity index (χ1v) is 9.88. The summed E-state index contributed by atoms with van der Waals surface area (Å²) in [4.78, 5) is 23.4. The van der Waals surface area contributed by atoms with Gasteiger partial charge in [-0.3, -0.25) is 4.79 Å². The van der Waals surface area contributed by atoms with E-state index in [9.17, 15) is 4.79 Å². The van der Waals surface area contributed by atoms with Gasteiger partial charge in [-0.25, -0.2) is 9.97 Å². The molecular formula is C20H22N4OS. The molecule has 1 N–H and O–H groups in total. The fourth-order valence-corrected chi connectivity index (χ4v) is 4.51. The number of carbonyl (C=O) groups excluding carboxylic acids is 1. The van der Waals surface area contributed by atoms with Gasteiger partial charge >= 0.3 is 0 Å². The topological polar surface area (TPSA) is 58.1 Å². The van der Waals surface area contributed by atoms with Crippen molar-refractivity contribution in [1.82, 2.24) is 14.9 Å². The number of nitrogens with one attached hydrogen (secondary N) is 1. The predicted molar refractivity (Wildman–Crippen MR) is 106 cm³/mol. The lowest BCUT2D eigenvalue weighted by molar-refractivity contribution is -0.116. The summed E-state index contributed by atoms with van der Waals surface area (Å²) in [5.41, 5.74) is 1.11. The molecule has 0 unspecified atom stereocenters. The molecule has 0 saturated carbocycles. The van der Waals surface area contributed by atoms with Gasteiger partial charge in [-0.05, 0) is 50.2 Å². The molecule has 1 fully saturated rings. The Morgan fingerprint density at radius 3 is 2.73 bits per heavy atom. The first-order valence-electron chi connectivity index (χ1n) is 9.06. The van der Waals surface area contributed by atoms with Crippen molar-refractivity contribution in [3.05, 3.63) is 53.7 Å². The third-order valence-electron chi connectivity index (χ3n) is 4.83. The third-order valence-corrected chi connectivity index (χ3v) is 6.03. The molecule has 3 heterocycles. The summed E-state index contributed by atoms with van der Waals surface area (Å²) in [6.07, 6.45) is 4.41. The molecule has 0 bridgehead atoms. The van der Waals surface area contributed by atoms with E-state index in [4.69, 9.17) is 4.98 Å². The Kier molecular flexibility index (Phi) is 5.22. The van der Waals surface area contributed by atoms with Crippen molar-refractivity contribution in [2.24, 2.45) is 0 Å². The highest BCUT2D eigenvalue weighted by Gasteiger charge is 2.23. The standard InChI is InChI=1S/C20H22N4OS/c25-19(23-18-7-3-4-11-21-18)10-14-24-12-8-15(9-13-24)20-22-16-5-1-2-6-17(16)26-20/h1-7,11,15H,8-10,12-14H2,(H,21,23,25). The Morgan fingerprint density at radius 2 is 1.96 bits per heavy atom. The second kappa shape index (κ2) is 7.93. The monoisotopic (exact) mass is 366 g/mol. The van der Waals surface area contributed by atoms with Crippen LogP contribution >= 0.6 is 11.3 Å². The van der Waals surface area contributed by atoms with E-state index in [1.807, 2.05) is 29.5 Å². The number of aromatic nitrogens is 2. The molecule has 4 rings (SSSR count). The number of rotatable bonds is 5. The van der Waals surface area contributed by atoms with Crippen LogP contribution in [0.15, 0.2) is 48.7 Å². The molecule has 0 radical (unpaired) electrons. The van der Waals surface area contributed by atoms with Crippen LogP contribution in [0.2, 0.25) is 0 Å². The minimum Gasteiger partial charge on any atom is -0.311 e. The molecule has 0 atom stereocenters. The molecule has 26 heavy (non-hydrogen) atoms. The summed E-state index contributed by atoms with van der Waals surface area (Å²) in [7, 11) is 0. The zero-order chi connectivity index (χ0) is 17.8. The lowest BCUT2D eigenvalue weighted by Crippen LogP contribution is -2.35. The molecule has 0 aliphatic carbocycles. The van der Waals surface area contributed by atoms with Crippen LogP contribution < -0.4 is 5.32 Å². The number of piperidine rings is 1. The van der Waals surface area contributed by atoms with Gasteiger partial charge in [0.1, 0.15) is 5.82 Å². The average molecular weight is 366 g/mol. The highest BCUT2D eigenvalue weighted by Crippen LogP contribution is 2.33. The molecule has 0 spiro atoms. The fourth-order valence-electron chi connectivity index (χ4n) is 3.37. The number of anilines is 1. The SMILES string of the molecule is O=C(CCN1CCC(c2nc3ccccc3s2)CC1)Nc1ccccn1. The fraction of sp³-hybridized carbons (Fsp3) is 0.350. The van der Waals surface area contributed by atoms with Crippen LogP contribution in [0.5, 0.6) is 0 Å². The van der Waals surface area contributed by atoms with E-state index in [0.29, 0.717) is 18.2 Å². The largest absolute Gasteiger partial charge is 0.311 e. The van der Waals surface area contributed by atoms with E-state index < -0.39 is 0 Å². The van der Waals surface area contributed by atoms with E-state index in [-0.39, 0.29) is 5.91 Å². The molecule has 1 amide bonds. The molecule has 2 aromatic heterocycles. The van der Waals surface area contributed by atoms with Gasteiger partial charge in [-0.1, -0.05) is 18.2 Å². The smallest absolute Gasteiger partial charge is 0.226 e. The van der Waals surface area contributed by atoms with Crippen molar-refractivity contribution in [1.29, 1.82) is 0 Å². The van der Waals surface area contributed by atoms with Crippen LogP contribution in [-0.2, 0) is 4.79 Å². The molecular weight excluding hydrogens is 344 g/mol. The predicted octanol–water partition coefficient (Wildman–Crippen LogP) is 3.90. The van der Waals surface area contributed by atoms with Crippen molar-refractivity contribution in [3.8, 4) is 0 Å². The quantitative estimate of drug-likeness (QED) is 0.744. The van der Waals surface area contributed by atoms with Crippen LogP contribution in [0.1, 0.15) is 30.2 Å². The van der Waals surface area contributed by atoms with Gasteiger partial charge < -0.3 is 10.2 Å². The number of nitrogens with zero attached hydrogens (tertiary/aromatic N) is 3. The molecule has 1 aromatic carbocycles. The maximum absolute atomic E-state index is 12.1. The van der Waals surface area contributed by atoms with Crippen LogP contribution in [0.3, 0.4) is 0 Å². The second-order valence-electron chi connectivity index (χ2n) is 6.65. The van der Waals surface area contributed by atoms with Crippen molar-refractivity contribution >= 4 is 33.3 Å². The Morgan fingerprint density at radius 1 is 1.15 bits per heavy atom. The number of para-hydroxylation sites is 1. The van der Waals surface area contributed by atoms with Crippen molar-refractivity contribution in [2.75, 3.05) is 25.0 Å². The number of pyridine rings is 1. The van der Waals surface area contributed by atoms with E-state index in [0.717, 1.165) is 38.0 Å². The average Bonchev–Trinajstić information content (AvgIpc) is 3.12. The van der Waals surface area contributed by atoms with Gasteiger partial charge in [0, 0.05) is 25.1 Å². The van der Waals surface area contributed by atoms with Gasteiger partial charge in [0.2, 0.25) is 5.91 Å². The molecule has 1 saturated heterocycles. The molecule has 6 heteroatoms. The summed E-state index contributed by atoms with van der Waals surface area (Å²) in [6, 6.07) is 13.9. The first kappa shape index (κ1) is 17.1. The number of benzene rings is 1. The molecule has 3 aromatic rings. The first-order chi connectivity index (χ1) is 12.8. The van der Waals surface area contributed by atoms with Gasteiger partial charge in [-0.15, -0.1) is 11.3 Å². The minimum absolute atomic E-state index is 0.0250. The summed E-state index contributed by atoms with van der Waals surface area (Å²) in [6.45, 7) is 2.85. The van der Waals surface area contributed by atoms with E-state index in [1.165, 1.54) is 9.71 Å². The van der Waals surface area contributed by atoms with Gasteiger partial charge in [0.15, 0.2) is 0 Å². The number of amides is 1. The van der Waals surface area contributed by atoms with Crippen LogP contribution in [-0.4, -0.2) is 40.4 Å². The van der Waals surface area contributed by atoms with Crippen molar-refractivity contribution < 1.29 is 4.79 Å². The number of carbonyl (C=O) groups is 1. The summed E-state index contributed by atoms with van der Waals surface area (Å²) >= 11 is 1.82. The summed E-state index contributed by atoms with van der Waals surface area (Å²) in [5, 5.41) is 4.11. The zero-order valence-electron chi connectivity index (χ0n) is 14.6. The summed E-state index contributed by atoms with van der Waals surface area (Å²) in [5.74, 6) is 1.19. The van der Waals surface area contributed by atoms with Crippen LogP contribution in [0.25, 0.3) is 10.2 Å². The van der Waals surface area contributed by atoms with Gasteiger partial charge in [0.25, 0.3) is 0 Å². The van der Waals surface area contributed by atoms with Gasteiger partial charge in [0.05, 0.1) is 15.2 Å². The normalized spacial score (nSPS) is 16.0. The minimum atomic E-state index is 0.0250. The van der Waals surface area contributed by atoms with Crippen LogP contribution in [0.4, 0.5) is 5.82 Å². The molecule has 1 aliphatic heterocycles. The lowest BCUT2D eigenvalue weighted by atomic mass is 9.97. The third kappa shape index (κ3) is 4.08. The molecule has 5 nitrogen and oxygen atoms in total. The van der Waals surface area contributed by atoms with E-state index in [2.05, 4.69) is 33.4 Å². The Labute approximate surface area is 157 Å². The lowest BCUT2D eigenvalue weighted by Gasteiger charge is -2.30. The number of fused-ring (bicyclic) bond motifs is 1.